The summed E-state index contributed by atoms with van der Waals surface area (Å²) in [6, 6.07) is 58.4. The van der Waals surface area contributed by atoms with Crippen molar-refractivity contribution in [2.24, 2.45) is 0 Å². The van der Waals surface area contributed by atoms with E-state index in [2.05, 4.69) is 152 Å². The summed E-state index contributed by atoms with van der Waals surface area (Å²) in [6.07, 6.45) is 0. The Morgan fingerprint density at radius 3 is 1.78 bits per heavy atom. The van der Waals surface area contributed by atoms with Gasteiger partial charge in [-0.15, -0.1) is 0 Å². The van der Waals surface area contributed by atoms with E-state index in [9.17, 15) is 0 Å². The van der Waals surface area contributed by atoms with E-state index in [1.165, 1.54) is 82.7 Å². The van der Waals surface area contributed by atoms with Crippen LogP contribution in [0.5, 0.6) is 11.5 Å². The molecule has 0 radical (unpaired) electrons. The Kier molecular flexibility index (Phi) is 4.57. The van der Waals surface area contributed by atoms with Crippen LogP contribution in [0.1, 0.15) is 22.3 Å². The maximum atomic E-state index is 6.36. The predicted molar refractivity (Wildman–Crippen MR) is 189 cm³/mol. The molecule has 1 aliphatic heterocycles. The van der Waals surface area contributed by atoms with Gasteiger partial charge in [-0.05, 0) is 108 Å². The van der Waals surface area contributed by atoms with Crippen molar-refractivity contribution in [1.82, 2.24) is 0 Å². The SMILES string of the molecule is c1ccc2c(c1)Oc1cccc3cc(-c4ccc5c(c4)C4(c6ccccc6-5)c5ccccc5-c5cccc6cccc4c56)cc-2c13. The van der Waals surface area contributed by atoms with Gasteiger partial charge in [-0.2, -0.15) is 0 Å². The van der Waals surface area contributed by atoms with E-state index in [0.717, 1.165) is 17.1 Å². The first-order valence-electron chi connectivity index (χ1n) is 16.0. The molecule has 1 heteroatoms. The van der Waals surface area contributed by atoms with Gasteiger partial charge in [-0.3, -0.25) is 0 Å². The fourth-order valence-electron chi connectivity index (χ4n) is 8.86. The number of para-hydroxylation sites is 1. The number of rotatable bonds is 1. The Morgan fingerprint density at radius 1 is 0.326 bits per heavy atom. The first-order chi connectivity index (χ1) is 22.8. The van der Waals surface area contributed by atoms with Gasteiger partial charge in [0.1, 0.15) is 11.5 Å². The fraction of sp³-hybridized carbons (Fsp3) is 0.0222. The zero-order valence-corrected chi connectivity index (χ0v) is 24.9. The average molecular weight is 583 g/mol. The third-order valence-electron chi connectivity index (χ3n) is 10.6. The second kappa shape index (κ2) is 8.62. The zero-order chi connectivity index (χ0) is 30.0. The van der Waals surface area contributed by atoms with Crippen molar-refractivity contribution in [3.8, 4) is 56.0 Å². The Morgan fingerprint density at radius 2 is 0.935 bits per heavy atom. The molecule has 1 heterocycles. The highest BCUT2D eigenvalue weighted by atomic mass is 16.5. The maximum absolute atomic E-state index is 6.36. The number of hydrogen-bond donors (Lipinski definition) is 0. The smallest absolute Gasteiger partial charge is 0.135 e. The summed E-state index contributed by atoms with van der Waals surface area (Å²) in [6.45, 7) is 0. The Bertz CT molecular complexity index is 2620. The van der Waals surface area contributed by atoms with Crippen molar-refractivity contribution in [3.63, 3.8) is 0 Å². The Hall–Kier alpha value is -5.92. The summed E-state index contributed by atoms with van der Waals surface area (Å²) in [5.74, 6) is 1.83. The zero-order valence-electron chi connectivity index (χ0n) is 24.9. The highest BCUT2D eigenvalue weighted by molar-refractivity contribution is 6.08. The van der Waals surface area contributed by atoms with Crippen LogP contribution in [0.3, 0.4) is 0 Å². The Balaban J connectivity index is 1.25. The van der Waals surface area contributed by atoms with Gasteiger partial charge in [0.05, 0.1) is 5.41 Å². The lowest BCUT2D eigenvalue weighted by molar-refractivity contribution is 0.487. The van der Waals surface area contributed by atoms with Crippen LogP contribution in [0, 0.1) is 0 Å². The number of fused-ring (bicyclic) bond motifs is 11. The lowest BCUT2D eigenvalue weighted by atomic mass is 9.61. The van der Waals surface area contributed by atoms with Crippen LogP contribution in [0.25, 0.3) is 66.1 Å². The minimum absolute atomic E-state index is 0.425. The van der Waals surface area contributed by atoms with Crippen LogP contribution in [-0.4, -0.2) is 0 Å². The molecule has 8 aromatic rings. The van der Waals surface area contributed by atoms with Gasteiger partial charge in [-0.25, -0.2) is 0 Å². The third-order valence-corrected chi connectivity index (χ3v) is 10.6. The molecule has 0 saturated carbocycles. The largest absolute Gasteiger partial charge is 0.456 e. The molecule has 0 N–H and O–H groups in total. The average Bonchev–Trinajstić information content (AvgIpc) is 3.41. The minimum atomic E-state index is -0.425. The van der Waals surface area contributed by atoms with Crippen LogP contribution in [-0.2, 0) is 5.41 Å². The summed E-state index contributed by atoms with van der Waals surface area (Å²) in [7, 11) is 0. The van der Waals surface area contributed by atoms with Crippen molar-refractivity contribution in [2.45, 2.75) is 5.41 Å². The summed E-state index contributed by atoms with van der Waals surface area (Å²) in [5, 5.41) is 5.02. The molecular formula is C45H26O. The topological polar surface area (TPSA) is 9.23 Å². The highest BCUT2D eigenvalue weighted by Crippen LogP contribution is 2.62. The van der Waals surface area contributed by atoms with Crippen molar-refractivity contribution >= 4 is 21.5 Å². The normalized spacial score (nSPS) is 16.1. The minimum Gasteiger partial charge on any atom is -0.456 e. The fourth-order valence-corrected chi connectivity index (χ4v) is 8.86. The molecule has 8 aromatic carbocycles. The van der Waals surface area contributed by atoms with E-state index in [0.29, 0.717) is 0 Å². The predicted octanol–water partition coefficient (Wildman–Crippen LogP) is 11.8. The molecule has 0 bridgehead atoms. The molecule has 1 atom stereocenters. The molecule has 2 aliphatic carbocycles. The molecule has 1 spiro atoms. The van der Waals surface area contributed by atoms with E-state index in [4.69, 9.17) is 4.74 Å². The van der Waals surface area contributed by atoms with Crippen molar-refractivity contribution in [3.05, 3.63) is 180 Å². The molecule has 0 saturated heterocycles. The second-order valence-corrected chi connectivity index (χ2v) is 12.8. The van der Waals surface area contributed by atoms with Crippen LogP contribution < -0.4 is 4.74 Å². The molecule has 0 fully saturated rings. The van der Waals surface area contributed by atoms with Crippen LogP contribution in [0.2, 0.25) is 0 Å². The van der Waals surface area contributed by atoms with Gasteiger partial charge in [-0.1, -0.05) is 127 Å². The standard InChI is InChI=1S/C45H26O/c1-4-17-37-31(13-1)33-23-22-28(30-24-29-12-9-21-42-44(29)36(25-30)34-15-3-6-20-41(34)46-42)26-40(33)45(37)38-18-5-2-14-32(38)35-16-7-10-27-11-8-19-39(45)43(27)35/h1-26H. The molecule has 0 aromatic heterocycles. The van der Waals surface area contributed by atoms with E-state index >= 15 is 0 Å². The van der Waals surface area contributed by atoms with E-state index in [-0.39, 0.29) is 0 Å². The Labute approximate surface area is 267 Å². The molecule has 1 nitrogen and oxygen atoms in total. The van der Waals surface area contributed by atoms with Crippen molar-refractivity contribution < 1.29 is 4.74 Å². The van der Waals surface area contributed by atoms with Gasteiger partial charge in [0.25, 0.3) is 0 Å². The molecule has 0 amide bonds. The van der Waals surface area contributed by atoms with E-state index in [1.54, 1.807) is 0 Å². The molecule has 3 aliphatic rings. The first-order valence-corrected chi connectivity index (χ1v) is 16.0. The lowest BCUT2D eigenvalue weighted by Gasteiger charge is -2.40. The van der Waals surface area contributed by atoms with Gasteiger partial charge >= 0.3 is 0 Å². The summed E-state index contributed by atoms with van der Waals surface area (Å²) in [5.41, 5.74) is 15.1. The third kappa shape index (κ3) is 2.91. The van der Waals surface area contributed by atoms with Crippen LogP contribution >= 0.6 is 0 Å². The summed E-state index contributed by atoms with van der Waals surface area (Å²) >= 11 is 0. The van der Waals surface area contributed by atoms with Crippen LogP contribution in [0.4, 0.5) is 0 Å². The van der Waals surface area contributed by atoms with Gasteiger partial charge in [0.2, 0.25) is 0 Å². The van der Waals surface area contributed by atoms with Crippen LogP contribution in [0.15, 0.2) is 158 Å². The highest BCUT2D eigenvalue weighted by Gasteiger charge is 2.50. The number of benzene rings is 8. The summed E-state index contributed by atoms with van der Waals surface area (Å²) in [4.78, 5) is 0. The summed E-state index contributed by atoms with van der Waals surface area (Å²) < 4.78 is 6.36. The number of hydrogen-bond acceptors (Lipinski definition) is 1. The lowest BCUT2D eigenvalue weighted by Crippen LogP contribution is -2.31. The molecule has 1 unspecified atom stereocenters. The molecular weight excluding hydrogens is 556 g/mol. The van der Waals surface area contributed by atoms with Crippen molar-refractivity contribution in [2.75, 3.05) is 0 Å². The van der Waals surface area contributed by atoms with Gasteiger partial charge in [0, 0.05) is 10.9 Å². The number of ether oxygens (including phenoxy) is 1. The van der Waals surface area contributed by atoms with Gasteiger partial charge < -0.3 is 4.74 Å². The first kappa shape index (κ1) is 24.4. The van der Waals surface area contributed by atoms with E-state index in [1.807, 2.05) is 6.07 Å². The van der Waals surface area contributed by atoms with Crippen molar-refractivity contribution in [1.29, 1.82) is 0 Å². The monoisotopic (exact) mass is 582 g/mol. The maximum Gasteiger partial charge on any atom is 0.135 e. The van der Waals surface area contributed by atoms with Gasteiger partial charge in [0.15, 0.2) is 0 Å². The molecule has 11 rings (SSSR count). The quantitative estimate of drug-likeness (QED) is 0.187. The molecule has 212 valence electrons. The molecule has 46 heavy (non-hydrogen) atoms. The second-order valence-electron chi connectivity index (χ2n) is 12.8. The van der Waals surface area contributed by atoms with E-state index < -0.39 is 5.41 Å².